The fourth-order valence-electron chi connectivity index (χ4n) is 4.06. The zero-order valence-corrected chi connectivity index (χ0v) is 23.8. The van der Waals surface area contributed by atoms with Gasteiger partial charge < -0.3 is 10.2 Å². The van der Waals surface area contributed by atoms with Gasteiger partial charge in [-0.1, -0.05) is 49.4 Å². The van der Waals surface area contributed by atoms with E-state index in [1.807, 2.05) is 26.8 Å². The molecule has 2 amide bonds. The SMILES string of the molecule is CC[C@@H](C)NC(=O)[C@H](C)N(Cc1ccc(F)cc1)C(=O)CN(c1cc(C)ccc1C)S(=O)(=O)c1ccccc1. The fourth-order valence-corrected chi connectivity index (χ4v) is 5.55. The van der Waals surface area contributed by atoms with Crippen LogP contribution in [0.1, 0.15) is 43.9 Å². The third-order valence-electron chi connectivity index (χ3n) is 6.68. The number of amides is 2. The first-order valence-electron chi connectivity index (χ1n) is 12.9. The van der Waals surface area contributed by atoms with Gasteiger partial charge in [0.15, 0.2) is 0 Å². The van der Waals surface area contributed by atoms with Crippen LogP contribution in [0.5, 0.6) is 0 Å². The van der Waals surface area contributed by atoms with Crippen LogP contribution in [0.3, 0.4) is 0 Å². The summed E-state index contributed by atoms with van der Waals surface area (Å²) in [6.07, 6.45) is 0.708. The summed E-state index contributed by atoms with van der Waals surface area (Å²) in [6.45, 7) is 8.52. The maximum atomic E-state index is 13.9. The van der Waals surface area contributed by atoms with Gasteiger partial charge in [-0.25, -0.2) is 12.8 Å². The van der Waals surface area contributed by atoms with Crippen molar-refractivity contribution in [1.82, 2.24) is 10.2 Å². The zero-order valence-electron chi connectivity index (χ0n) is 23.0. The van der Waals surface area contributed by atoms with Gasteiger partial charge >= 0.3 is 0 Å². The molecule has 3 aromatic carbocycles. The minimum absolute atomic E-state index is 0.000228. The maximum absolute atomic E-state index is 13.9. The van der Waals surface area contributed by atoms with E-state index in [2.05, 4.69) is 5.32 Å². The highest BCUT2D eigenvalue weighted by atomic mass is 32.2. The van der Waals surface area contributed by atoms with Crippen molar-refractivity contribution in [3.8, 4) is 0 Å². The molecule has 0 spiro atoms. The molecule has 0 unspecified atom stereocenters. The number of carbonyl (C=O) groups is 2. The van der Waals surface area contributed by atoms with Gasteiger partial charge in [0.05, 0.1) is 10.6 Å². The number of sulfonamides is 1. The summed E-state index contributed by atoms with van der Waals surface area (Å²) < 4.78 is 42.4. The third-order valence-corrected chi connectivity index (χ3v) is 8.45. The third kappa shape index (κ3) is 7.44. The molecule has 208 valence electrons. The highest BCUT2D eigenvalue weighted by Crippen LogP contribution is 2.28. The molecule has 1 N–H and O–H groups in total. The van der Waals surface area contributed by atoms with Gasteiger partial charge in [-0.05, 0) is 81.1 Å². The molecule has 0 aliphatic heterocycles. The van der Waals surface area contributed by atoms with E-state index in [4.69, 9.17) is 0 Å². The first kappa shape index (κ1) is 29.8. The Morgan fingerprint density at radius 2 is 1.59 bits per heavy atom. The lowest BCUT2D eigenvalue weighted by Gasteiger charge is -2.33. The van der Waals surface area contributed by atoms with E-state index < -0.39 is 34.3 Å². The molecule has 0 saturated carbocycles. The van der Waals surface area contributed by atoms with Crippen LogP contribution in [-0.4, -0.2) is 43.8 Å². The van der Waals surface area contributed by atoms with E-state index >= 15 is 0 Å². The van der Waals surface area contributed by atoms with Crippen LogP contribution in [0, 0.1) is 19.7 Å². The van der Waals surface area contributed by atoms with E-state index in [-0.39, 0.29) is 23.4 Å². The van der Waals surface area contributed by atoms with Gasteiger partial charge in [0.25, 0.3) is 10.0 Å². The number of halogens is 1. The van der Waals surface area contributed by atoms with E-state index in [1.165, 1.54) is 41.3 Å². The summed E-state index contributed by atoms with van der Waals surface area (Å²) in [7, 11) is -4.13. The van der Waals surface area contributed by atoms with Crippen molar-refractivity contribution in [2.24, 2.45) is 0 Å². The number of nitrogens with one attached hydrogen (secondary N) is 1. The van der Waals surface area contributed by atoms with Gasteiger partial charge in [0.2, 0.25) is 11.8 Å². The van der Waals surface area contributed by atoms with Crippen molar-refractivity contribution >= 4 is 27.5 Å². The van der Waals surface area contributed by atoms with Crippen molar-refractivity contribution < 1.29 is 22.4 Å². The highest BCUT2D eigenvalue weighted by molar-refractivity contribution is 7.92. The lowest BCUT2D eigenvalue weighted by Crippen LogP contribution is -2.52. The first-order valence-corrected chi connectivity index (χ1v) is 14.4. The van der Waals surface area contributed by atoms with Gasteiger partial charge in [-0.3, -0.25) is 13.9 Å². The van der Waals surface area contributed by atoms with E-state index in [0.717, 1.165) is 9.87 Å². The number of rotatable bonds is 11. The van der Waals surface area contributed by atoms with Gasteiger partial charge in [0, 0.05) is 12.6 Å². The standard InChI is InChI=1S/C30H36FN3O4S/c1-6-23(4)32-30(36)24(5)33(19-25-14-16-26(31)17-15-25)29(35)20-34(28-18-21(2)12-13-22(28)3)39(37,38)27-10-8-7-9-11-27/h7-18,23-24H,6,19-20H2,1-5H3,(H,32,36)/t23-,24+/m1/s1. The summed E-state index contributed by atoms with van der Waals surface area (Å²) >= 11 is 0. The Labute approximate surface area is 230 Å². The number of benzene rings is 3. The first-order chi connectivity index (χ1) is 18.4. The van der Waals surface area contributed by atoms with E-state index in [0.29, 0.717) is 23.2 Å². The summed E-state index contributed by atoms with van der Waals surface area (Å²) in [5, 5.41) is 2.89. The predicted molar refractivity (Wildman–Crippen MR) is 151 cm³/mol. The topological polar surface area (TPSA) is 86.8 Å². The summed E-state index contributed by atoms with van der Waals surface area (Å²) in [6, 6.07) is 18.0. The normalized spacial score (nSPS) is 12.9. The molecule has 0 bridgehead atoms. The predicted octanol–water partition coefficient (Wildman–Crippen LogP) is 4.97. The molecule has 0 fully saturated rings. The van der Waals surface area contributed by atoms with Crippen molar-refractivity contribution in [3.05, 3.63) is 95.3 Å². The molecular formula is C30H36FN3O4S. The maximum Gasteiger partial charge on any atom is 0.264 e. The average molecular weight is 554 g/mol. The molecule has 3 rings (SSSR count). The van der Waals surface area contributed by atoms with Crippen LogP contribution in [0.4, 0.5) is 10.1 Å². The number of hydrogen-bond donors (Lipinski definition) is 1. The minimum Gasteiger partial charge on any atom is -0.352 e. The molecule has 7 nitrogen and oxygen atoms in total. The Kier molecular flexibility index (Phi) is 9.86. The van der Waals surface area contributed by atoms with Gasteiger partial charge in [0.1, 0.15) is 18.4 Å². The van der Waals surface area contributed by atoms with Crippen LogP contribution < -0.4 is 9.62 Å². The summed E-state index contributed by atoms with van der Waals surface area (Å²) in [5.74, 6) is -1.34. The van der Waals surface area contributed by atoms with E-state index in [9.17, 15) is 22.4 Å². The number of nitrogens with zero attached hydrogens (tertiary/aromatic N) is 2. The number of aryl methyl sites for hydroxylation is 2. The average Bonchev–Trinajstić information content (AvgIpc) is 2.92. The molecule has 0 saturated heterocycles. The second-order valence-electron chi connectivity index (χ2n) is 9.76. The van der Waals surface area contributed by atoms with Gasteiger partial charge in [-0.2, -0.15) is 0 Å². The lowest BCUT2D eigenvalue weighted by atomic mass is 10.1. The zero-order chi connectivity index (χ0) is 28.7. The summed E-state index contributed by atoms with van der Waals surface area (Å²) in [4.78, 5) is 28.4. The molecule has 0 heterocycles. The highest BCUT2D eigenvalue weighted by Gasteiger charge is 2.33. The lowest BCUT2D eigenvalue weighted by molar-refractivity contribution is -0.139. The van der Waals surface area contributed by atoms with Crippen molar-refractivity contribution in [2.45, 2.75) is 64.6 Å². The number of hydrogen-bond acceptors (Lipinski definition) is 4. The Hall–Kier alpha value is -3.72. The smallest absolute Gasteiger partial charge is 0.264 e. The quantitative estimate of drug-likeness (QED) is 0.363. The van der Waals surface area contributed by atoms with Crippen molar-refractivity contribution in [2.75, 3.05) is 10.8 Å². The van der Waals surface area contributed by atoms with Crippen molar-refractivity contribution in [1.29, 1.82) is 0 Å². The van der Waals surface area contributed by atoms with Crippen LogP contribution >= 0.6 is 0 Å². The molecule has 0 aromatic heterocycles. The molecule has 39 heavy (non-hydrogen) atoms. The molecule has 2 atom stereocenters. The monoisotopic (exact) mass is 553 g/mol. The molecule has 0 aliphatic rings. The number of carbonyl (C=O) groups excluding carboxylic acids is 2. The Balaban J connectivity index is 2.05. The molecule has 3 aromatic rings. The second-order valence-corrected chi connectivity index (χ2v) is 11.6. The molecule has 0 aliphatic carbocycles. The molecule has 9 heteroatoms. The molecule has 0 radical (unpaired) electrons. The minimum atomic E-state index is -4.13. The van der Waals surface area contributed by atoms with Crippen LogP contribution in [-0.2, 0) is 26.2 Å². The Bertz CT molecular complexity index is 1400. The van der Waals surface area contributed by atoms with Crippen LogP contribution in [0.2, 0.25) is 0 Å². The largest absolute Gasteiger partial charge is 0.352 e. The Morgan fingerprint density at radius 1 is 0.949 bits per heavy atom. The summed E-state index contributed by atoms with van der Waals surface area (Å²) in [5.41, 5.74) is 2.50. The van der Waals surface area contributed by atoms with Crippen molar-refractivity contribution in [3.63, 3.8) is 0 Å². The van der Waals surface area contributed by atoms with Gasteiger partial charge in [-0.15, -0.1) is 0 Å². The van der Waals surface area contributed by atoms with E-state index in [1.54, 1.807) is 44.2 Å². The second kappa shape index (κ2) is 12.9. The fraction of sp³-hybridized carbons (Fsp3) is 0.333. The van der Waals surface area contributed by atoms with Crippen LogP contribution in [0.15, 0.2) is 77.7 Å². The molecular weight excluding hydrogens is 517 g/mol. The van der Waals surface area contributed by atoms with Crippen LogP contribution in [0.25, 0.3) is 0 Å². The Morgan fingerprint density at radius 3 is 2.21 bits per heavy atom. The number of anilines is 1.